The summed E-state index contributed by atoms with van der Waals surface area (Å²) in [5.41, 5.74) is 3.82. The number of hydrogen-bond donors (Lipinski definition) is 1. The molecule has 3 heterocycles. The van der Waals surface area contributed by atoms with Crippen LogP contribution in [0.5, 0.6) is 0 Å². The number of piperidine rings is 1. The molecule has 1 fully saturated rings. The lowest BCUT2D eigenvalue weighted by molar-refractivity contribution is 0.464. The lowest BCUT2D eigenvalue weighted by Crippen LogP contribution is -2.26. The van der Waals surface area contributed by atoms with E-state index >= 15 is 0 Å². The van der Waals surface area contributed by atoms with Crippen LogP contribution in [0.1, 0.15) is 35.7 Å². The van der Waals surface area contributed by atoms with Crippen molar-refractivity contribution in [3.63, 3.8) is 0 Å². The molecule has 0 spiro atoms. The van der Waals surface area contributed by atoms with E-state index < -0.39 is 0 Å². The van der Waals surface area contributed by atoms with Crippen LogP contribution in [0.25, 0.3) is 21.7 Å². The van der Waals surface area contributed by atoms with Crippen molar-refractivity contribution in [1.29, 1.82) is 0 Å². The van der Waals surface area contributed by atoms with Crippen LogP contribution in [-0.4, -0.2) is 27.6 Å². The maximum Gasteiger partial charge on any atom is 0.115 e. The first-order valence-electron chi connectivity index (χ1n) is 10.7. The molecule has 152 valence electrons. The van der Waals surface area contributed by atoms with Gasteiger partial charge in [-0.3, -0.25) is 0 Å². The van der Waals surface area contributed by atoms with Gasteiger partial charge in [0.2, 0.25) is 0 Å². The Morgan fingerprint density at radius 1 is 1.13 bits per heavy atom. The summed E-state index contributed by atoms with van der Waals surface area (Å²) in [5, 5.41) is 8.00. The van der Waals surface area contributed by atoms with Crippen molar-refractivity contribution in [3.05, 3.63) is 77.0 Å². The average Bonchev–Trinajstić information content (AvgIpc) is 3.12. The number of aromatic nitrogens is 3. The Morgan fingerprint density at radius 2 is 2.00 bits per heavy atom. The summed E-state index contributed by atoms with van der Waals surface area (Å²) in [6, 6.07) is 12.9. The molecule has 0 aliphatic carbocycles. The van der Waals surface area contributed by atoms with Gasteiger partial charge < -0.3 is 9.88 Å². The highest BCUT2D eigenvalue weighted by Gasteiger charge is 2.25. The smallest absolute Gasteiger partial charge is 0.115 e. The molecule has 1 aliphatic rings. The largest absolute Gasteiger partial charge is 0.334 e. The number of hydrogen-bond acceptors (Lipinski definition) is 3. The molecule has 1 saturated heterocycles. The Morgan fingerprint density at radius 3 is 2.80 bits per heavy atom. The van der Waals surface area contributed by atoms with Crippen LogP contribution in [0.15, 0.2) is 55.0 Å². The minimum Gasteiger partial charge on any atom is -0.334 e. The van der Waals surface area contributed by atoms with Crippen molar-refractivity contribution in [3.8, 4) is 0 Å². The van der Waals surface area contributed by atoms with Gasteiger partial charge in [-0.2, -0.15) is 0 Å². The van der Waals surface area contributed by atoms with Gasteiger partial charge in [-0.05, 0) is 56.6 Å². The first-order valence-corrected chi connectivity index (χ1v) is 11.1. The molecule has 0 saturated carbocycles. The third-order valence-electron chi connectivity index (χ3n) is 6.34. The number of benzene rings is 1. The highest BCUT2D eigenvalue weighted by Crippen LogP contribution is 2.37. The Hall–Kier alpha value is -2.56. The zero-order valence-corrected chi connectivity index (χ0v) is 18.0. The molecule has 0 amide bonds. The average molecular weight is 418 g/mol. The minimum absolute atomic E-state index is 0.503. The quantitative estimate of drug-likeness (QED) is 0.443. The second kappa shape index (κ2) is 8.29. The summed E-state index contributed by atoms with van der Waals surface area (Å²) in [6.45, 7) is 5.05. The van der Waals surface area contributed by atoms with E-state index in [4.69, 9.17) is 16.6 Å². The molecule has 4 nitrogen and oxygen atoms in total. The van der Waals surface area contributed by atoms with Crippen LogP contribution in [-0.2, 0) is 13.0 Å². The number of rotatable bonds is 4. The van der Waals surface area contributed by atoms with Crippen molar-refractivity contribution in [2.75, 3.05) is 13.1 Å². The molecule has 5 rings (SSSR count). The first-order chi connectivity index (χ1) is 14.7. The predicted octanol–water partition coefficient (Wildman–Crippen LogP) is 5.54. The van der Waals surface area contributed by atoms with Gasteiger partial charge in [-0.15, -0.1) is 0 Å². The topological polar surface area (TPSA) is 42.7 Å². The summed E-state index contributed by atoms with van der Waals surface area (Å²) in [7, 11) is 0. The third kappa shape index (κ3) is 3.66. The zero-order chi connectivity index (χ0) is 20.5. The Kier molecular flexibility index (Phi) is 5.36. The van der Waals surface area contributed by atoms with Gasteiger partial charge in [0.25, 0.3) is 0 Å². The zero-order valence-electron chi connectivity index (χ0n) is 17.2. The van der Waals surface area contributed by atoms with E-state index in [1.54, 1.807) is 0 Å². The van der Waals surface area contributed by atoms with Crippen LogP contribution in [0.4, 0.5) is 0 Å². The minimum atomic E-state index is 0.503. The van der Waals surface area contributed by atoms with E-state index in [1.165, 1.54) is 27.3 Å². The van der Waals surface area contributed by atoms with E-state index in [2.05, 4.69) is 52.1 Å². The predicted molar refractivity (Wildman–Crippen MR) is 124 cm³/mol. The fourth-order valence-electron chi connectivity index (χ4n) is 4.78. The molecular weight excluding hydrogens is 392 g/mol. The van der Waals surface area contributed by atoms with E-state index in [0.29, 0.717) is 5.92 Å². The highest BCUT2D eigenvalue weighted by molar-refractivity contribution is 6.31. The van der Waals surface area contributed by atoms with Crippen LogP contribution in [0.3, 0.4) is 0 Å². The number of imidazole rings is 1. The monoisotopic (exact) mass is 417 g/mol. The number of aryl methyl sites for hydroxylation is 3. The summed E-state index contributed by atoms with van der Waals surface area (Å²) < 4.78 is 2.21. The van der Waals surface area contributed by atoms with Gasteiger partial charge in [0.05, 0.1) is 16.3 Å². The van der Waals surface area contributed by atoms with Crippen molar-refractivity contribution in [2.24, 2.45) is 0 Å². The van der Waals surface area contributed by atoms with Gasteiger partial charge in [0, 0.05) is 72.7 Å². The summed E-state index contributed by atoms with van der Waals surface area (Å²) >= 11 is 6.43. The fourth-order valence-corrected chi connectivity index (χ4v) is 4.96. The second-order valence-corrected chi connectivity index (χ2v) is 8.59. The third-order valence-corrected chi connectivity index (χ3v) is 6.57. The molecular formula is C25H26ClN4+. The SMILES string of the molecule is Cc1nccn1CCc1c[c+]2cc(Cl)ccc2c(C2CCNCC2)c2ncccc12. The molecule has 4 aromatic rings. The van der Waals surface area contributed by atoms with E-state index in [9.17, 15) is 0 Å². The number of fused-ring (bicyclic) bond motifs is 2. The normalized spacial score (nSPS) is 15.1. The Bertz CT molecular complexity index is 1210. The molecule has 0 bridgehead atoms. The van der Waals surface area contributed by atoms with Crippen molar-refractivity contribution >= 4 is 33.3 Å². The van der Waals surface area contributed by atoms with Gasteiger partial charge in [0.1, 0.15) is 16.4 Å². The van der Waals surface area contributed by atoms with Crippen molar-refractivity contribution in [1.82, 2.24) is 19.9 Å². The summed E-state index contributed by atoms with van der Waals surface area (Å²) in [5.74, 6) is 1.55. The van der Waals surface area contributed by atoms with Gasteiger partial charge >= 0.3 is 0 Å². The van der Waals surface area contributed by atoms with Gasteiger partial charge in [0.15, 0.2) is 0 Å². The summed E-state index contributed by atoms with van der Waals surface area (Å²) in [6.07, 6.45) is 9.03. The molecule has 0 radical (unpaired) electrons. The Labute approximate surface area is 181 Å². The number of nitrogens with zero attached hydrogens (tertiary/aromatic N) is 3. The maximum absolute atomic E-state index is 6.43. The molecule has 1 aliphatic heterocycles. The lowest BCUT2D eigenvalue weighted by atomic mass is 9.87. The molecule has 0 unspecified atom stereocenters. The molecule has 1 N–H and O–H groups in total. The maximum atomic E-state index is 6.43. The molecule has 5 heteroatoms. The summed E-state index contributed by atoms with van der Waals surface area (Å²) in [4.78, 5) is 9.29. The van der Waals surface area contributed by atoms with E-state index in [1.807, 2.05) is 24.7 Å². The van der Waals surface area contributed by atoms with E-state index in [-0.39, 0.29) is 0 Å². The van der Waals surface area contributed by atoms with Crippen molar-refractivity contribution < 1.29 is 0 Å². The molecule has 30 heavy (non-hydrogen) atoms. The number of pyridine rings is 1. The van der Waals surface area contributed by atoms with E-state index in [0.717, 1.165) is 55.3 Å². The van der Waals surface area contributed by atoms with Gasteiger partial charge in [-0.25, -0.2) is 9.97 Å². The second-order valence-electron chi connectivity index (χ2n) is 8.16. The Balaban J connectivity index is 1.75. The lowest BCUT2D eigenvalue weighted by Gasteiger charge is -2.22. The van der Waals surface area contributed by atoms with Crippen LogP contribution >= 0.6 is 11.6 Å². The van der Waals surface area contributed by atoms with Crippen LogP contribution < -0.4 is 5.32 Å². The van der Waals surface area contributed by atoms with Crippen LogP contribution in [0.2, 0.25) is 5.02 Å². The highest BCUT2D eigenvalue weighted by atomic mass is 35.5. The standard InChI is InChI=1S/C25H26ClN4/c1-17-28-12-14-30(17)13-8-19-15-20-16-21(26)4-5-22(20)24(18-6-10-27-11-7-18)25-23(19)3-2-9-29-25/h2-5,9,12,14-16,18,27H,6-8,10-11,13H2,1H3/q+1. The molecule has 2 aromatic heterocycles. The van der Waals surface area contributed by atoms with Gasteiger partial charge in [-0.1, -0.05) is 0 Å². The molecule has 2 aromatic carbocycles. The van der Waals surface area contributed by atoms with Crippen LogP contribution in [0, 0.1) is 6.92 Å². The fraction of sp³-hybridized carbons (Fsp3) is 0.320. The number of halogens is 1. The molecule has 0 atom stereocenters. The van der Waals surface area contributed by atoms with Crippen molar-refractivity contribution in [2.45, 2.75) is 38.6 Å². The first kappa shape index (κ1) is 19.4. The number of nitrogens with one attached hydrogen (secondary N) is 1.